The first-order valence-electron chi connectivity index (χ1n) is 17.9. The Hall–Kier alpha value is -5.12. The SMILES string of the molecule is CC(C)(C)OC(=O)NC1(c2nc3c([nH]2)CCc2cc(-c4ccc(-c5ccc6nc(C7CCCN7C(=O)O)[nH]c6c5)cc4)ccc2-3)CCCCC1. The molecule has 1 saturated heterocycles. The number of carbonyl (C=O) groups excluding carboxylic acids is 1. The highest BCUT2D eigenvalue weighted by molar-refractivity contribution is 5.83. The average Bonchev–Trinajstić information content (AvgIpc) is 3.86. The summed E-state index contributed by atoms with van der Waals surface area (Å²) in [7, 11) is 0. The molecule has 5 aromatic rings. The first kappa shape index (κ1) is 32.1. The topological polar surface area (TPSA) is 136 Å². The third-order valence-corrected chi connectivity index (χ3v) is 10.5. The van der Waals surface area contributed by atoms with Gasteiger partial charge in [-0.25, -0.2) is 19.6 Å². The van der Waals surface area contributed by atoms with Crippen molar-refractivity contribution >= 4 is 23.2 Å². The molecule has 1 aliphatic heterocycles. The number of likely N-dealkylation sites (tertiary alicyclic amines) is 1. The van der Waals surface area contributed by atoms with E-state index < -0.39 is 23.3 Å². The number of imidazole rings is 2. The van der Waals surface area contributed by atoms with Crippen LogP contribution in [0.1, 0.15) is 94.7 Å². The molecule has 3 heterocycles. The van der Waals surface area contributed by atoms with Gasteiger partial charge >= 0.3 is 12.2 Å². The van der Waals surface area contributed by atoms with Crippen LogP contribution in [0, 0.1) is 0 Å². The number of carboxylic acid groups (broad SMARTS) is 1. The number of ether oxygens (including phenoxy) is 1. The van der Waals surface area contributed by atoms with E-state index in [1.165, 1.54) is 10.5 Å². The maximum Gasteiger partial charge on any atom is 0.408 e. The first-order chi connectivity index (χ1) is 24.0. The van der Waals surface area contributed by atoms with Crippen LogP contribution < -0.4 is 5.32 Å². The van der Waals surface area contributed by atoms with Gasteiger partial charge in [0.05, 0.1) is 22.8 Å². The maximum absolute atomic E-state index is 13.0. The van der Waals surface area contributed by atoms with Crippen LogP contribution in [0.15, 0.2) is 60.7 Å². The van der Waals surface area contributed by atoms with Crippen molar-refractivity contribution in [3.63, 3.8) is 0 Å². The number of H-pyrrole nitrogens is 2. The zero-order valence-electron chi connectivity index (χ0n) is 28.9. The number of nitrogens with zero attached hydrogens (tertiary/aromatic N) is 3. The van der Waals surface area contributed by atoms with E-state index in [4.69, 9.17) is 14.7 Å². The van der Waals surface area contributed by atoms with E-state index in [1.54, 1.807) is 0 Å². The number of fused-ring (bicyclic) bond motifs is 4. The number of aryl methyl sites for hydroxylation is 2. The van der Waals surface area contributed by atoms with Gasteiger partial charge in [0, 0.05) is 17.8 Å². The Labute approximate surface area is 291 Å². The molecular weight excluding hydrogens is 628 g/mol. The van der Waals surface area contributed by atoms with Gasteiger partial charge in [-0.2, -0.15) is 0 Å². The standard InChI is InChI=1S/C40H44N6O4/c1-39(2,3)50-37(47)45-40(19-5-4-6-20-40)36-43-31-18-15-28-22-26(13-16-29(28)34(31)44-36)24-9-11-25(12-10-24)27-14-17-30-32(23-27)42-35(41-30)33-8-7-21-46(33)38(48)49/h9-14,16-17,22-23,33H,4-8,15,18-21H2,1-3H3,(H,41,42)(H,43,44)(H,45,47)(H,48,49). The van der Waals surface area contributed by atoms with Crippen molar-refractivity contribution in [3.8, 4) is 33.5 Å². The number of aromatic amines is 2. The quantitative estimate of drug-likeness (QED) is 0.147. The zero-order chi connectivity index (χ0) is 34.6. The van der Waals surface area contributed by atoms with Gasteiger partial charge in [0.25, 0.3) is 0 Å². The summed E-state index contributed by atoms with van der Waals surface area (Å²) in [4.78, 5) is 43.1. The summed E-state index contributed by atoms with van der Waals surface area (Å²) in [6.07, 6.45) is 7.01. The first-order valence-corrected chi connectivity index (χ1v) is 17.9. The van der Waals surface area contributed by atoms with Crippen LogP contribution in [0.5, 0.6) is 0 Å². The van der Waals surface area contributed by atoms with Crippen LogP contribution in [0.2, 0.25) is 0 Å². The monoisotopic (exact) mass is 672 g/mol. The lowest BCUT2D eigenvalue weighted by molar-refractivity contribution is 0.0412. The fourth-order valence-electron chi connectivity index (χ4n) is 8.09. The second kappa shape index (κ2) is 12.3. The Morgan fingerprint density at radius 3 is 2.30 bits per heavy atom. The molecule has 50 heavy (non-hydrogen) atoms. The summed E-state index contributed by atoms with van der Waals surface area (Å²) < 4.78 is 5.66. The molecule has 0 radical (unpaired) electrons. The summed E-state index contributed by atoms with van der Waals surface area (Å²) in [5.74, 6) is 1.55. The lowest BCUT2D eigenvalue weighted by Gasteiger charge is -2.36. The lowest BCUT2D eigenvalue weighted by atomic mass is 9.81. The van der Waals surface area contributed by atoms with Crippen molar-refractivity contribution in [2.24, 2.45) is 0 Å². The number of amides is 2. The fraction of sp³-hybridized carbons (Fsp3) is 0.400. The third kappa shape index (κ3) is 6.01. The van der Waals surface area contributed by atoms with Crippen LogP contribution in [0.4, 0.5) is 9.59 Å². The summed E-state index contributed by atoms with van der Waals surface area (Å²) in [5.41, 5.74) is 9.65. The summed E-state index contributed by atoms with van der Waals surface area (Å²) in [6.45, 7) is 6.20. The molecule has 8 rings (SSSR count). The summed E-state index contributed by atoms with van der Waals surface area (Å²) in [6, 6.07) is 21.2. The smallest absolute Gasteiger partial charge is 0.408 e. The Morgan fingerprint density at radius 1 is 0.880 bits per heavy atom. The second-order valence-electron chi connectivity index (χ2n) is 15.1. The molecule has 3 aromatic carbocycles. The molecule has 10 nitrogen and oxygen atoms in total. The van der Waals surface area contributed by atoms with Crippen LogP contribution in [0.25, 0.3) is 44.5 Å². The van der Waals surface area contributed by atoms with Gasteiger partial charge in [-0.1, -0.05) is 67.8 Å². The van der Waals surface area contributed by atoms with Crippen molar-refractivity contribution in [1.82, 2.24) is 30.2 Å². The van der Waals surface area contributed by atoms with Crippen LogP contribution in [-0.4, -0.2) is 54.3 Å². The van der Waals surface area contributed by atoms with E-state index in [-0.39, 0.29) is 6.04 Å². The molecule has 2 amide bonds. The molecule has 3 aliphatic rings. The number of hydrogen-bond donors (Lipinski definition) is 4. The van der Waals surface area contributed by atoms with Crippen LogP contribution >= 0.6 is 0 Å². The molecule has 4 N–H and O–H groups in total. The number of benzene rings is 3. The lowest BCUT2D eigenvalue weighted by Crippen LogP contribution is -2.49. The van der Waals surface area contributed by atoms with Crippen molar-refractivity contribution in [3.05, 3.63) is 83.6 Å². The molecule has 2 aliphatic carbocycles. The van der Waals surface area contributed by atoms with E-state index in [9.17, 15) is 14.7 Å². The average molecular weight is 673 g/mol. The highest BCUT2D eigenvalue weighted by Crippen LogP contribution is 2.41. The number of hydrogen-bond acceptors (Lipinski definition) is 5. The predicted molar refractivity (Wildman–Crippen MR) is 193 cm³/mol. The van der Waals surface area contributed by atoms with Gasteiger partial charge in [-0.15, -0.1) is 0 Å². The third-order valence-electron chi connectivity index (χ3n) is 10.5. The Balaban J connectivity index is 1.02. The Bertz CT molecular complexity index is 2080. The van der Waals surface area contributed by atoms with Crippen molar-refractivity contribution < 1.29 is 19.4 Å². The Morgan fingerprint density at radius 2 is 1.58 bits per heavy atom. The van der Waals surface area contributed by atoms with Gasteiger partial charge in [0.1, 0.15) is 22.8 Å². The van der Waals surface area contributed by atoms with E-state index in [0.717, 1.165) is 114 Å². The van der Waals surface area contributed by atoms with Crippen LogP contribution in [0.3, 0.4) is 0 Å². The van der Waals surface area contributed by atoms with Gasteiger partial charge in [0.15, 0.2) is 0 Å². The van der Waals surface area contributed by atoms with Gasteiger partial charge < -0.3 is 25.1 Å². The van der Waals surface area contributed by atoms with Crippen molar-refractivity contribution in [1.29, 1.82) is 0 Å². The van der Waals surface area contributed by atoms with E-state index in [0.29, 0.717) is 12.4 Å². The minimum absolute atomic E-state index is 0.226. The van der Waals surface area contributed by atoms with Crippen molar-refractivity contribution in [2.75, 3.05) is 6.54 Å². The molecular formula is C40H44N6O4. The summed E-state index contributed by atoms with van der Waals surface area (Å²) in [5, 5.41) is 12.8. The van der Waals surface area contributed by atoms with Gasteiger partial charge in [-0.05, 0) is 99.2 Å². The van der Waals surface area contributed by atoms with E-state index in [1.807, 2.05) is 26.8 Å². The fourth-order valence-corrected chi connectivity index (χ4v) is 8.09. The minimum atomic E-state index is -0.898. The van der Waals surface area contributed by atoms with Crippen molar-refractivity contribution in [2.45, 2.75) is 95.7 Å². The highest BCUT2D eigenvalue weighted by Gasteiger charge is 2.40. The molecule has 1 atom stereocenters. The molecule has 1 saturated carbocycles. The Kier molecular flexibility index (Phi) is 7.92. The molecule has 258 valence electrons. The molecule has 10 heteroatoms. The summed E-state index contributed by atoms with van der Waals surface area (Å²) >= 11 is 0. The van der Waals surface area contributed by atoms with Gasteiger partial charge in [0.2, 0.25) is 0 Å². The zero-order valence-corrected chi connectivity index (χ0v) is 28.9. The molecule has 0 bridgehead atoms. The molecule has 2 aromatic heterocycles. The largest absolute Gasteiger partial charge is 0.465 e. The molecule has 1 unspecified atom stereocenters. The number of rotatable bonds is 5. The number of aromatic nitrogens is 4. The van der Waals surface area contributed by atoms with E-state index in [2.05, 4.69) is 69.9 Å². The number of nitrogens with one attached hydrogen (secondary N) is 3. The molecule has 0 spiro atoms. The second-order valence-corrected chi connectivity index (χ2v) is 15.1. The van der Waals surface area contributed by atoms with Crippen LogP contribution in [-0.2, 0) is 23.1 Å². The van der Waals surface area contributed by atoms with Gasteiger partial charge in [-0.3, -0.25) is 4.90 Å². The van der Waals surface area contributed by atoms with E-state index >= 15 is 0 Å². The number of carbonyl (C=O) groups is 2. The normalized spacial score (nSPS) is 18.5. The number of alkyl carbamates (subject to hydrolysis) is 1. The highest BCUT2D eigenvalue weighted by atomic mass is 16.6. The molecule has 2 fully saturated rings. The predicted octanol–water partition coefficient (Wildman–Crippen LogP) is 8.88. The maximum atomic E-state index is 13.0. The minimum Gasteiger partial charge on any atom is -0.465 e.